The molecular formula is C15H18O2. The van der Waals surface area contributed by atoms with Crippen LogP contribution in [-0.2, 0) is 0 Å². The number of hydrogen-bond acceptors (Lipinski definition) is 2. The van der Waals surface area contributed by atoms with E-state index in [1.54, 1.807) is 13.2 Å². The Kier molecular flexibility index (Phi) is 5.83. The molecule has 0 unspecified atom stereocenters. The molecule has 0 atom stereocenters. The summed E-state index contributed by atoms with van der Waals surface area (Å²) in [7, 11) is 1.66. The van der Waals surface area contributed by atoms with Crippen molar-refractivity contribution in [2.45, 2.75) is 6.92 Å². The maximum atomic E-state index is 8.71. The topological polar surface area (TPSA) is 29.5 Å². The van der Waals surface area contributed by atoms with E-state index in [2.05, 4.69) is 0 Å². The van der Waals surface area contributed by atoms with Gasteiger partial charge in [-0.25, -0.2) is 0 Å². The molecule has 2 nitrogen and oxygen atoms in total. The van der Waals surface area contributed by atoms with Crippen molar-refractivity contribution in [1.82, 2.24) is 0 Å². The Hall–Kier alpha value is -1.80. The molecule has 0 aliphatic heterocycles. The summed E-state index contributed by atoms with van der Waals surface area (Å²) in [5.74, 6) is 0.847. The number of benzene rings is 1. The highest BCUT2D eigenvalue weighted by Crippen LogP contribution is 2.14. The third-order valence-electron chi connectivity index (χ3n) is 2.31. The Morgan fingerprint density at radius 3 is 2.82 bits per heavy atom. The second-order valence-corrected chi connectivity index (χ2v) is 3.48. The van der Waals surface area contributed by atoms with Crippen molar-refractivity contribution in [1.29, 1.82) is 0 Å². The lowest BCUT2D eigenvalue weighted by Crippen LogP contribution is -1.82. The average Bonchev–Trinajstić information content (AvgIpc) is 2.39. The van der Waals surface area contributed by atoms with Crippen LogP contribution in [0.25, 0.3) is 6.08 Å². The molecule has 0 bridgehead atoms. The molecule has 0 amide bonds. The third-order valence-corrected chi connectivity index (χ3v) is 2.31. The number of methoxy groups -OCH3 is 1. The van der Waals surface area contributed by atoms with Gasteiger partial charge in [-0.1, -0.05) is 42.5 Å². The minimum Gasteiger partial charge on any atom is -0.497 e. The van der Waals surface area contributed by atoms with Gasteiger partial charge in [0, 0.05) is 0 Å². The van der Waals surface area contributed by atoms with Gasteiger partial charge in [0.15, 0.2) is 0 Å². The van der Waals surface area contributed by atoms with Crippen LogP contribution in [0.4, 0.5) is 0 Å². The van der Waals surface area contributed by atoms with Crippen molar-refractivity contribution in [2.24, 2.45) is 0 Å². The first kappa shape index (κ1) is 13.3. The van der Waals surface area contributed by atoms with Crippen molar-refractivity contribution in [3.63, 3.8) is 0 Å². The molecule has 0 aliphatic carbocycles. The number of aliphatic hydroxyl groups is 1. The van der Waals surface area contributed by atoms with Crippen LogP contribution in [0.15, 0.2) is 54.1 Å². The largest absolute Gasteiger partial charge is 0.497 e. The third kappa shape index (κ3) is 4.70. The monoisotopic (exact) mass is 230 g/mol. The summed E-state index contributed by atoms with van der Waals surface area (Å²) in [5.41, 5.74) is 2.14. The van der Waals surface area contributed by atoms with E-state index in [9.17, 15) is 0 Å². The van der Waals surface area contributed by atoms with Crippen molar-refractivity contribution >= 4 is 6.08 Å². The standard InChI is InChI=1S/C15H18O2/c1-3-13(7-5-11-16)9-10-14-6-4-8-15(12-14)17-2/h3-10,12,16H,11H2,1-2H3/b7-5-,10-9+,13-3+. The van der Waals surface area contributed by atoms with E-state index in [4.69, 9.17) is 9.84 Å². The lowest BCUT2D eigenvalue weighted by atomic mass is 10.1. The molecule has 1 rings (SSSR count). The predicted octanol–water partition coefficient (Wildman–Crippen LogP) is 3.20. The maximum Gasteiger partial charge on any atom is 0.119 e. The molecule has 90 valence electrons. The first-order valence-electron chi connectivity index (χ1n) is 5.56. The summed E-state index contributed by atoms with van der Waals surface area (Å²) in [5, 5.41) is 8.71. The molecule has 1 aromatic carbocycles. The molecule has 0 fully saturated rings. The van der Waals surface area contributed by atoms with Gasteiger partial charge in [-0.3, -0.25) is 0 Å². The van der Waals surface area contributed by atoms with Crippen molar-refractivity contribution in [3.05, 3.63) is 59.7 Å². The minimum absolute atomic E-state index is 0.0599. The van der Waals surface area contributed by atoms with E-state index < -0.39 is 0 Å². The molecule has 1 aromatic rings. The maximum absolute atomic E-state index is 8.71. The van der Waals surface area contributed by atoms with Gasteiger partial charge in [-0.2, -0.15) is 0 Å². The molecule has 0 aromatic heterocycles. The van der Waals surface area contributed by atoms with Gasteiger partial charge in [-0.05, 0) is 30.2 Å². The molecule has 0 aliphatic rings. The van der Waals surface area contributed by atoms with Crippen LogP contribution in [0.3, 0.4) is 0 Å². The Labute approximate surface area is 103 Å². The fourth-order valence-electron chi connectivity index (χ4n) is 1.37. The molecular weight excluding hydrogens is 212 g/mol. The first-order valence-corrected chi connectivity index (χ1v) is 5.56. The highest BCUT2D eigenvalue weighted by Gasteiger charge is 1.91. The lowest BCUT2D eigenvalue weighted by Gasteiger charge is -2.00. The van der Waals surface area contributed by atoms with Crippen LogP contribution in [0.5, 0.6) is 5.75 Å². The van der Waals surface area contributed by atoms with Crippen LogP contribution in [0.1, 0.15) is 12.5 Å². The van der Waals surface area contributed by atoms with Crippen LogP contribution < -0.4 is 4.74 Å². The van der Waals surface area contributed by atoms with E-state index >= 15 is 0 Å². The highest BCUT2D eigenvalue weighted by atomic mass is 16.5. The predicted molar refractivity (Wildman–Crippen MR) is 72.0 cm³/mol. The van der Waals surface area contributed by atoms with Gasteiger partial charge < -0.3 is 9.84 Å². The van der Waals surface area contributed by atoms with Crippen LogP contribution >= 0.6 is 0 Å². The van der Waals surface area contributed by atoms with Crippen LogP contribution in [-0.4, -0.2) is 18.8 Å². The fourth-order valence-corrected chi connectivity index (χ4v) is 1.37. The highest BCUT2D eigenvalue weighted by molar-refractivity contribution is 5.56. The zero-order valence-electron chi connectivity index (χ0n) is 10.3. The summed E-state index contributed by atoms with van der Waals surface area (Å²) >= 11 is 0. The van der Waals surface area contributed by atoms with E-state index in [-0.39, 0.29) is 6.61 Å². The molecule has 2 heteroatoms. The van der Waals surface area contributed by atoms with Gasteiger partial charge >= 0.3 is 0 Å². The van der Waals surface area contributed by atoms with Gasteiger partial charge in [0.1, 0.15) is 5.75 Å². The summed E-state index contributed by atoms with van der Waals surface area (Å²) in [6.07, 6.45) is 9.60. The number of hydrogen-bond donors (Lipinski definition) is 1. The van der Waals surface area contributed by atoms with Gasteiger partial charge in [0.25, 0.3) is 0 Å². The molecule has 0 spiro atoms. The quantitative estimate of drug-likeness (QED) is 0.787. The number of allylic oxidation sites excluding steroid dienone is 4. The van der Waals surface area contributed by atoms with Gasteiger partial charge in [0.2, 0.25) is 0 Å². The summed E-state index contributed by atoms with van der Waals surface area (Å²) < 4.78 is 5.16. The normalized spacial score (nSPS) is 12.5. The van der Waals surface area contributed by atoms with Crippen LogP contribution in [0.2, 0.25) is 0 Å². The smallest absolute Gasteiger partial charge is 0.119 e. The lowest BCUT2D eigenvalue weighted by molar-refractivity contribution is 0.342. The van der Waals surface area contributed by atoms with Crippen molar-refractivity contribution < 1.29 is 9.84 Å². The fraction of sp³-hybridized carbons (Fsp3) is 0.200. The number of ether oxygens (including phenoxy) is 1. The van der Waals surface area contributed by atoms with Gasteiger partial charge in [0.05, 0.1) is 13.7 Å². The second kappa shape index (κ2) is 7.47. The zero-order chi connectivity index (χ0) is 12.5. The SMILES string of the molecule is C/C=C(\C=C/CO)/C=C/c1cccc(OC)c1. The van der Waals surface area contributed by atoms with Crippen molar-refractivity contribution in [3.8, 4) is 5.75 Å². The van der Waals surface area contributed by atoms with Crippen LogP contribution in [0, 0.1) is 0 Å². The molecule has 0 heterocycles. The van der Waals surface area contributed by atoms with E-state index in [1.807, 2.05) is 55.5 Å². The number of aliphatic hydroxyl groups excluding tert-OH is 1. The molecule has 17 heavy (non-hydrogen) atoms. The van der Waals surface area contributed by atoms with E-state index in [0.717, 1.165) is 16.9 Å². The average molecular weight is 230 g/mol. The number of rotatable bonds is 5. The summed E-state index contributed by atoms with van der Waals surface area (Å²) in [6.45, 7) is 2.03. The summed E-state index contributed by atoms with van der Waals surface area (Å²) in [4.78, 5) is 0. The molecule has 0 saturated heterocycles. The zero-order valence-corrected chi connectivity index (χ0v) is 10.3. The molecule has 0 radical (unpaired) electrons. The van der Waals surface area contributed by atoms with Gasteiger partial charge in [-0.15, -0.1) is 0 Å². The molecule has 1 N–H and O–H groups in total. The van der Waals surface area contributed by atoms with E-state index in [0.29, 0.717) is 0 Å². The Morgan fingerprint density at radius 1 is 1.35 bits per heavy atom. The Balaban J connectivity index is 2.78. The first-order chi connectivity index (χ1) is 8.30. The summed E-state index contributed by atoms with van der Waals surface area (Å²) in [6, 6.07) is 7.86. The molecule has 0 saturated carbocycles. The van der Waals surface area contributed by atoms with Crippen molar-refractivity contribution in [2.75, 3.05) is 13.7 Å². The minimum atomic E-state index is 0.0599. The Bertz CT molecular complexity index is 428. The second-order valence-electron chi connectivity index (χ2n) is 3.48. The Morgan fingerprint density at radius 2 is 2.18 bits per heavy atom. The van der Waals surface area contributed by atoms with E-state index in [1.165, 1.54) is 0 Å².